The first-order chi connectivity index (χ1) is 9.44. The lowest BCUT2D eigenvalue weighted by atomic mass is 10.1. The van der Waals surface area contributed by atoms with Crippen LogP contribution in [0.2, 0.25) is 0 Å². The zero-order chi connectivity index (χ0) is 15.2. The summed E-state index contributed by atoms with van der Waals surface area (Å²) in [5.41, 5.74) is 5.56. The zero-order valence-electron chi connectivity index (χ0n) is 12.0. The van der Waals surface area contributed by atoms with Crippen LogP contribution >= 0.6 is 27.3 Å². The first-order valence-corrected chi connectivity index (χ1v) is 10.0. The molecule has 20 heavy (non-hydrogen) atoms. The van der Waals surface area contributed by atoms with Crippen molar-refractivity contribution in [3.05, 3.63) is 14.7 Å². The van der Waals surface area contributed by atoms with Crippen molar-refractivity contribution in [3.8, 4) is 0 Å². The van der Waals surface area contributed by atoms with E-state index in [1.54, 1.807) is 6.07 Å². The summed E-state index contributed by atoms with van der Waals surface area (Å²) in [5.74, 6) is 0. The molecule has 4 nitrogen and oxygen atoms in total. The van der Waals surface area contributed by atoms with E-state index in [1.165, 1.54) is 11.3 Å². The second kappa shape index (κ2) is 8.48. The number of halogens is 1. The lowest BCUT2D eigenvalue weighted by molar-refractivity contribution is 0.483. The van der Waals surface area contributed by atoms with Gasteiger partial charge in [0.15, 0.2) is 0 Å². The van der Waals surface area contributed by atoms with Crippen molar-refractivity contribution in [1.82, 2.24) is 4.72 Å². The largest absolute Gasteiger partial charge is 0.326 e. The number of nitrogens with one attached hydrogen (secondary N) is 1. The van der Waals surface area contributed by atoms with Gasteiger partial charge >= 0.3 is 0 Å². The molecule has 0 aliphatic heterocycles. The molecule has 1 heterocycles. The molecule has 0 amide bonds. The van der Waals surface area contributed by atoms with Crippen molar-refractivity contribution in [3.63, 3.8) is 0 Å². The number of unbranched alkanes of at least 4 members (excludes halogenated alkanes) is 1. The number of sulfonamides is 1. The van der Waals surface area contributed by atoms with Crippen LogP contribution in [0.25, 0.3) is 0 Å². The van der Waals surface area contributed by atoms with Gasteiger partial charge in [-0.25, -0.2) is 13.1 Å². The number of hydrogen-bond donors (Lipinski definition) is 2. The Morgan fingerprint density at radius 1 is 1.35 bits per heavy atom. The fraction of sp³-hybridized carbons (Fsp3) is 0.692. The molecule has 1 atom stereocenters. The van der Waals surface area contributed by atoms with Crippen LogP contribution in [0.3, 0.4) is 0 Å². The predicted octanol–water partition coefficient (Wildman–Crippen LogP) is 3.61. The molecule has 0 aromatic carbocycles. The highest BCUT2D eigenvalue weighted by Crippen LogP contribution is 2.31. The van der Waals surface area contributed by atoms with Crippen LogP contribution in [-0.2, 0) is 16.6 Å². The van der Waals surface area contributed by atoms with Gasteiger partial charge in [-0.15, -0.1) is 11.3 Å². The fourth-order valence-corrected chi connectivity index (χ4v) is 5.89. The molecule has 1 aromatic heterocycles. The number of rotatable bonds is 9. The molecule has 0 fully saturated rings. The van der Waals surface area contributed by atoms with Crippen LogP contribution in [-0.4, -0.2) is 14.5 Å². The van der Waals surface area contributed by atoms with Gasteiger partial charge in [0.05, 0.1) is 3.79 Å². The van der Waals surface area contributed by atoms with Crippen molar-refractivity contribution in [2.24, 2.45) is 5.73 Å². The molecule has 1 aromatic rings. The third-order valence-electron chi connectivity index (χ3n) is 3.06. The smallest absolute Gasteiger partial charge is 0.242 e. The Balaban J connectivity index is 2.87. The van der Waals surface area contributed by atoms with E-state index in [9.17, 15) is 8.42 Å². The minimum Gasteiger partial charge on any atom is -0.326 e. The van der Waals surface area contributed by atoms with Crippen molar-refractivity contribution >= 4 is 37.3 Å². The standard InChI is InChI=1S/C13H23BrN2O2S2/c1-3-5-7-10(6-4-2)16-20(17,18)12-8-11(9-15)19-13(12)14/h8,10,16H,3-7,9,15H2,1-2H3. The van der Waals surface area contributed by atoms with E-state index in [0.717, 1.165) is 37.0 Å². The maximum Gasteiger partial charge on any atom is 0.242 e. The second-order valence-corrected chi connectivity index (χ2v) is 8.94. The molecule has 1 rings (SSSR count). The number of hydrogen-bond acceptors (Lipinski definition) is 4. The van der Waals surface area contributed by atoms with Gasteiger partial charge in [0.25, 0.3) is 0 Å². The molecule has 0 spiro atoms. The quantitative estimate of drug-likeness (QED) is 0.684. The summed E-state index contributed by atoms with van der Waals surface area (Å²) in [6, 6.07) is 1.66. The molecular weight excluding hydrogens is 360 g/mol. The third kappa shape index (κ3) is 5.11. The van der Waals surface area contributed by atoms with Crippen LogP contribution in [0, 0.1) is 0 Å². The monoisotopic (exact) mass is 382 g/mol. The highest BCUT2D eigenvalue weighted by Gasteiger charge is 2.23. The molecule has 0 bridgehead atoms. The highest BCUT2D eigenvalue weighted by molar-refractivity contribution is 9.11. The Hall–Kier alpha value is 0.0500. The van der Waals surface area contributed by atoms with E-state index in [-0.39, 0.29) is 6.04 Å². The summed E-state index contributed by atoms with van der Waals surface area (Å²) in [6.45, 7) is 4.54. The van der Waals surface area contributed by atoms with E-state index in [0.29, 0.717) is 15.2 Å². The maximum atomic E-state index is 12.5. The number of thiophene rings is 1. The Morgan fingerprint density at radius 3 is 2.55 bits per heavy atom. The molecule has 1 unspecified atom stereocenters. The van der Waals surface area contributed by atoms with Gasteiger partial charge < -0.3 is 5.73 Å². The minimum atomic E-state index is -3.47. The van der Waals surface area contributed by atoms with Gasteiger partial charge in [-0.2, -0.15) is 0 Å². The zero-order valence-corrected chi connectivity index (χ0v) is 15.2. The summed E-state index contributed by atoms with van der Waals surface area (Å²) >= 11 is 4.69. The molecule has 3 N–H and O–H groups in total. The highest BCUT2D eigenvalue weighted by atomic mass is 79.9. The molecule has 0 saturated carbocycles. The fourth-order valence-electron chi connectivity index (χ4n) is 2.03. The molecule has 0 aliphatic rings. The van der Waals surface area contributed by atoms with E-state index in [1.807, 2.05) is 0 Å². The van der Waals surface area contributed by atoms with Crippen molar-refractivity contribution in [2.45, 2.75) is 63.4 Å². The van der Waals surface area contributed by atoms with Crippen molar-refractivity contribution in [2.75, 3.05) is 0 Å². The third-order valence-corrected chi connectivity index (χ3v) is 6.86. The van der Waals surface area contributed by atoms with Crippen LogP contribution in [0.15, 0.2) is 14.7 Å². The van der Waals surface area contributed by atoms with Gasteiger partial charge in [0.1, 0.15) is 4.90 Å². The Morgan fingerprint density at radius 2 is 2.05 bits per heavy atom. The van der Waals surface area contributed by atoms with Crippen molar-refractivity contribution < 1.29 is 8.42 Å². The summed E-state index contributed by atoms with van der Waals surface area (Å²) in [4.78, 5) is 1.17. The van der Waals surface area contributed by atoms with E-state index in [4.69, 9.17) is 5.73 Å². The summed E-state index contributed by atoms with van der Waals surface area (Å²) in [6.07, 6.45) is 4.82. The SMILES string of the molecule is CCCCC(CCC)NS(=O)(=O)c1cc(CN)sc1Br. The predicted molar refractivity (Wildman–Crippen MR) is 88.5 cm³/mol. The van der Waals surface area contributed by atoms with Crippen LogP contribution < -0.4 is 10.5 Å². The normalized spacial score (nSPS) is 13.6. The first-order valence-electron chi connectivity index (χ1n) is 6.95. The Kier molecular flexibility index (Phi) is 7.68. The number of nitrogens with two attached hydrogens (primary N) is 1. The second-order valence-electron chi connectivity index (χ2n) is 4.80. The molecular formula is C13H23BrN2O2S2. The summed E-state index contributed by atoms with van der Waals surface area (Å²) in [7, 11) is -3.47. The maximum absolute atomic E-state index is 12.5. The van der Waals surface area contributed by atoms with Gasteiger partial charge in [0.2, 0.25) is 10.0 Å². The van der Waals surface area contributed by atoms with Gasteiger partial charge in [0, 0.05) is 17.5 Å². The first kappa shape index (κ1) is 18.1. The molecule has 0 saturated heterocycles. The van der Waals surface area contributed by atoms with E-state index in [2.05, 4.69) is 34.5 Å². The van der Waals surface area contributed by atoms with E-state index >= 15 is 0 Å². The Bertz CT molecular complexity index is 514. The molecule has 116 valence electrons. The molecule has 7 heteroatoms. The average Bonchev–Trinajstić information content (AvgIpc) is 2.78. The summed E-state index contributed by atoms with van der Waals surface area (Å²) in [5, 5.41) is 0. The summed E-state index contributed by atoms with van der Waals surface area (Å²) < 4.78 is 28.4. The molecule has 0 radical (unpaired) electrons. The van der Waals surface area contributed by atoms with E-state index < -0.39 is 10.0 Å². The Labute approximate surface area is 134 Å². The van der Waals surface area contributed by atoms with Crippen LogP contribution in [0.5, 0.6) is 0 Å². The van der Waals surface area contributed by atoms with Crippen LogP contribution in [0.1, 0.15) is 50.8 Å². The van der Waals surface area contributed by atoms with Crippen molar-refractivity contribution in [1.29, 1.82) is 0 Å². The molecule has 0 aliphatic carbocycles. The minimum absolute atomic E-state index is 0.0121. The lowest BCUT2D eigenvalue weighted by Crippen LogP contribution is -2.34. The van der Waals surface area contributed by atoms with Gasteiger partial charge in [-0.05, 0) is 34.8 Å². The average molecular weight is 383 g/mol. The topological polar surface area (TPSA) is 72.2 Å². The van der Waals surface area contributed by atoms with Gasteiger partial charge in [-0.1, -0.05) is 33.1 Å². The lowest BCUT2D eigenvalue weighted by Gasteiger charge is -2.17. The van der Waals surface area contributed by atoms with Gasteiger partial charge in [-0.3, -0.25) is 0 Å². The van der Waals surface area contributed by atoms with Crippen LogP contribution in [0.4, 0.5) is 0 Å².